The van der Waals surface area contributed by atoms with Gasteiger partial charge in [-0.15, -0.1) is 0 Å². The van der Waals surface area contributed by atoms with Crippen molar-refractivity contribution in [3.8, 4) is 0 Å². The van der Waals surface area contributed by atoms with Gasteiger partial charge in [-0.1, -0.05) is 0 Å². The Bertz CT molecular complexity index is 413. The van der Waals surface area contributed by atoms with Gasteiger partial charge in [0.1, 0.15) is 0 Å². The van der Waals surface area contributed by atoms with E-state index in [1.165, 1.54) is 6.42 Å². The summed E-state index contributed by atoms with van der Waals surface area (Å²) in [5, 5.41) is 10.9. The number of aryl methyl sites for hydroxylation is 1. The molecule has 0 saturated carbocycles. The molecule has 0 aliphatic carbocycles. The van der Waals surface area contributed by atoms with Crippen LogP contribution in [0, 0.1) is 0 Å². The minimum atomic E-state index is 0.622. The number of rotatable bonds is 11. The van der Waals surface area contributed by atoms with Crippen molar-refractivity contribution in [2.45, 2.75) is 52.6 Å². The minimum absolute atomic E-state index is 0.622. The van der Waals surface area contributed by atoms with E-state index in [2.05, 4.69) is 53.4 Å². The van der Waals surface area contributed by atoms with Gasteiger partial charge in [0.2, 0.25) is 0 Å². The molecule has 6 heteroatoms. The van der Waals surface area contributed by atoms with E-state index in [4.69, 9.17) is 0 Å². The molecule has 0 aliphatic rings. The van der Waals surface area contributed by atoms with Crippen LogP contribution >= 0.6 is 0 Å². The number of nitrogens with one attached hydrogen (secondary N) is 2. The molecule has 23 heavy (non-hydrogen) atoms. The number of unbranched alkanes of at least 4 members (excludes halogenated alkanes) is 1. The van der Waals surface area contributed by atoms with E-state index in [-0.39, 0.29) is 0 Å². The smallest absolute Gasteiger partial charge is 0.191 e. The molecule has 0 aromatic carbocycles. The summed E-state index contributed by atoms with van der Waals surface area (Å²) in [6, 6.07) is 2.57. The van der Waals surface area contributed by atoms with Crippen LogP contribution in [0.5, 0.6) is 0 Å². The predicted octanol–water partition coefficient (Wildman–Crippen LogP) is 1.95. The Morgan fingerprint density at radius 3 is 2.74 bits per heavy atom. The Morgan fingerprint density at radius 1 is 1.26 bits per heavy atom. The largest absolute Gasteiger partial charge is 0.357 e. The van der Waals surface area contributed by atoms with Crippen LogP contribution in [0.1, 0.15) is 40.0 Å². The van der Waals surface area contributed by atoms with Crippen molar-refractivity contribution in [3.05, 3.63) is 18.5 Å². The summed E-state index contributed by atoms with van der Waals surface area (Å²) < 4.78 is 1.95. The van der Waals surface area contributed by atoms with E-state index >= 15 is 0 Å². The molecule has 2 N–H and O–H groups in total. The zero-order chi connectivity index (χ0) is 16.9. The van der Waals surface area contributed by atoms with Gasteiger partial charge in [0.15, 0.2) is 5.96 Å². The fraction of sp³-hybridized carbons (Fsp3) is 0.765. The molecule has 1 heterocycles. The van der Waals surface area contributed by atoms with Crippen LogP contribution < -0.4 is 10.6 Å². The standard InChI is InChI=1S/C17H34N6/c1-5-18-17(19-10-6-7-13-22(4)16(2)3)20-11-8-14-23-15-9-12-21-23/h9,12,15-16H,5-8,10-11,13-14H2,1-4H3,(H2,18,19,20). The minimum Gasteiger partial charge on any atom is -0.357 e. The number of aliphatic imine (C=N–C) groups is 1. The summed E-state index contributed by atoms with van der Waals surface area (Å²) >= 11 is 0. The van der Waals surface area contributed by atoms with Crippen LogP contribution in [0.4, 0.5) is 0 Å². The summed E-state index contributed by atoms with van der Waals surface area (Å²) in [6.07, 6.45) is 7.17. The molecule has 0 unspecified atom stereocenters. The summed E-state index contributed by atoms with van der Waals surface area (Å²) in [5.41, 5.74) is 0. The van der Waals surface area contributed by atoms with Crippen molar-refractivity contribution in [3.63, 3.8) is 0 Å². The lowest BCUT2D eigenvalue weighted by atomic mass is 10.2. The lowest BCUT2D eigenvalue weighted by Crippen LogP contribution is -2.38. The third kappa shape index (κ3) is 9.23. The van der Waals surface area contributed by atoms with Gasteiger partial charge in [0.25, 0.3) is 0 Å². The number of guanidine groups is 1. The number of aromatic nitrogens is 2. The number of nitrogens with zero attached hydrogens (tertiary/aromatic N) is 4. The zero-order valence-electron chi connectivity index (χ0n) is 15.3. The zero-order valence-corrected chi connectivity index (χ0v) is 15.3. The van der Waals surface area contributed by atoms with E-state index in [1.807, 2.05) is 23.1 Å². The van der Waals surface area contributed by atoms with Gasteiger partial charge in [0.05, 0.1) is 0 Å². The van der Waals surface area contributed by atoms with Crippen LogP contribution in [0.25, 0.3) is 0 Å². The molecule has 0 radical (unpaired) electrons. The SMILES string of the molecule is CCNC(=NCCCn1cccn1)NCCCCN(C)C(C)C. The van der Waals surface area contributed by atoms with Crippen molar-refractivity contribution in [1.29, 1.82) is 0 Å². The van der Waals surface area contributed by atoms with E-state index in [9.17, 15) is 0 Å². The van der Waals surface area contributed by atoms with Crippen LogP contribution in [0.2, 0.25) is 0 Å². The van der Waals surface area contributed by atoms with Gasteiger partial charge in [0, 0.05) is 44.6 Å². The Balaban J connectivity index is 2.16. The first-order valence-electron chi connectivity index (χ1n) is 8.83. The van der Waals surface area contributed by atoms with Crippen molar-refractivity contribution >= 4 is 5.96 Å². The molecule has 0 atom stereocenters. The maximum absolute atomic E-state index is 4.62. The number of hydrogen-bond donors (Lipinski definition) is 2. The van der Waals surface area contributed by atoms with Gasteiger partial charge in [-0.25, -0.2) is 0 Å². The number of hydrogen-bond acceptors (Lipinski definition) is 3. The molecule has 132 valence electrons. The first-order valence-corrected chi connectivity index (χ1v) is 8.83. The molecule has 0 saturated heterocycles. The van der Waals surface area contributed by atoms with Gasteiger partial charge in [-0.3, -0.25) is 9.67 Å². The van der Waals surface area contributed by atoms with Crippen LogP contribution in [0.15, 0.2) is 23.5 Å². The predicted molar refractivity (Wildman–Crippen MR) is 97.8 cm³/mol. The maximum Gasteiger partial charge on any atom is 0.191 e. The first-order chi connectivity index (χ1) is 11.1. The van der Waals surface area contributed by atoms with Gasteiger partial charge in [-0.2, -0.15) is 5.10 Å². The lowest BCUT2D eigenvalue weighted by Gasteiger charge is -2.20. The first kappa shape index (κ1) is 19.5. The highest BCUT2D eigenvalue weighted by Gasteiger charge is 2.02. The van der Waals surface area contributed by atoms with Crippen molar-refractivity contribution < 1.29 is 0 Å². The quantitative estimate of drug-likeness (QED) is 0.371. The van der Waals surface area contributed by atoms with Crippen molar-refractivity contribution in [2.75, 3.05) is 33.2 Å². The average Bonchev–Trinajstić information content (AvgIpc) is 3.04. The van der Waals surface area contributed by atoms with Crippen molar-refractivity contribution in [2.24, 2.45) is 4.99 Å². The molecule has 0 bridgehead atoms. The van der Waals surface area contributed by atoms with Gasteiger partial charge >= 0.3 is 0 Å². The molecular formula is C17H34N6. The second-order valence-corrected chi connectivity index (χ2v) is 6.09. The lowest BCUT2D eigenvalue weighted by molar-refractivity contribution is 0.268. The van der Waals surface area contributed by atoms with Crippen LogP contribution in [0.3, 0.4) is 0 Å². The Labute approximate surface area is 141 Å². The summed E-state index contributed by atoms with van der Waals surface area (Å²) in [4.78, 5) is 7.00. The van der Waals surface area contributed by atoms with E-state index in [0.717, 1.165) is 51.5 Å². The van der Waals surface area contributed by atoms with E-state index in [0.29, 0.717) is 6.04 Å². The highest BCUT2D eigenvalue weighted by Crippen LogP contribution is 1.97. The normalized spacial score (nSPS) is 12.2. The molecule has 1 aromatic rings. The molecule has 0 fully saturated rings. The third-order valence-corrected chi connectivity index (χ3v) is 3.83. The fourth-order valence-corrected chi connectivity index (χ4v) is 2.15. The fourth-order valence-electron chi connectivity index (χ4n) is 2.15. The molecule has 1 rings (SSSR count). The topological polar surface area (TPSA) is 57.5 Å². The van der Waals surface area contributed by atoms with Gasteiger partial charge < -0.3 is 15.5 Å². The molecular weight excluding hydrogens is 288 g/mol. The Kier molecular flexibility index (Phi) is 10.1. The molecule has 0 amide bonds. The molecule has 0 spiro atoms. The Morgan fingerprint density at radius 2 is 2.09 bits per heavy atom. The molecule has 6 nitrogen and oxygen atoms in total. The third-order valence-electron chi connectivity index (χ3n) is 3.83. The Hall–Kier alpha value is -1.56. The summed E-state index contributed by atoms with van der Waals surface area (Å²) in [6.45, 7) is 11.3. The highest BCUT2D eigenvalue weighted by molar-refractivity contribution is 5.79. The molecule has 0 aliphatic heterocycles. The molecule has 1 aromatic heterocycles. The summed E-state index contributed by atoms with van der Waals surface area (Å²) in [7, 11) is 2.18. The van der Waals surface area contributed by atoms with Crippen LogP contribution in [-0.4, -0.2) is 59.9 Å². The maximum atomic E-state index is 4.62. The average molecular weight is 323 g/mol. The van der Waals surface area contributed by atoms with E-state index in [1.54, 1.807) is 0 Å². The highest BCUT2D eigenvalue weighted by atomic mass is 15.3. The van der Waals surface area contributed by atoms with Crippen molar-refractivity contribution in [1.82, 2.24) is 25.3 Å². The van der Waals surface area contributed by atoms with Crippen LogP contribution in [-0.2, 0) is 6.54 Å². The van der Waals surface area contributed by atoms with E-state index < -0.39 is 0 Å². The summed E-state index contributed by atoms with van der Waals surface area (Å²) in [5.74, 6) is 0.921. The second-order valence-electron chi connectivity index (χ2n) is 6.09. The second kappa shape index (κ2) is 11.9. The monoisotopic (exact) mass is 322 g/mol. The van der Waals surface area contributed by atoms with Gasteiger partial charge in [-0.05, 0) is 59.7 Å².